The number of nitrogens with two attached hydrogens (primary N) is 1. The van der Waals surface area contributed by atoms with Crippen molar-refractivity contribution >= 4 is 29.9 Å². The molecular formula is C30H35ClFN3O3. The molecular weight excluding hydrogens is 505 g/mol. The van der Waals surface area contributed by atoms with Crippen LogP contribution in [-0.2, 0) is 10.2 Å². The lowest BCUT2D eigenvalue weighted by atomic mass is 9.98. The number of halogens is 2. The molecule has 2 unspecified atom stereocenters. The van der Waals surface area contributed by atoms with E-state index in [2.05, 4.69) is 16.9 Å². The molecule has 0 aromatic heterocycles. The summed E-state index contributed by atoms with van der Waals surface area (Å²) in [6, 6.07) is 13.6. The first-order chi connectivity index (χ1) is 18.2. The molecule has 4 N–H and O–H groups in total. The Bertz CT molecular complexity index is 1170. The predicted molar refractivity (Wildman–Crippen MR) is 151 cm³/mol. The van der Waals surface area contributed by atoms with Crippen LogP contribution in [0.3, 0.4) is 0 Å². The number of hydrogen-bond donors (Lipinski definition) is 3. The third kappa shape index (κ3) is 9.63. The summed E-state index contributed by atoms with van der Waals surface area (Å²) < 4.78 is 12.5. The predicted octanol–water partition coefficient (Wildman–Crippen LogP) is 5.30. The number of unbranched alkanes of at least 4 members (excludes halogenated alkanes) is 2. The molecule has 1 fully saturated rings. The molecule has 8 heteroatoms. The van der Waals surface area contributed by atoms with Crippen LogP contribution in [-0.4, -0.2) is 46.9 Å². The van der Waals surface area contributed by atoms with Crippen LogP contribution >= 0.6 is 11.6 Å². The number of aliphatic imine (C=N–C) groups is 2. The quantitative estimate of drug-likeness (QED) is 0.217. The van der Waals surface area contributed by atoms with E-state index in [0.717, 1.165) is 12.0 Å². The summed E-state index contributed by atoms with van der Waals surface area (Å²) in [6.45, 7) is 2.22. The first-order valence-electron chi connectivity index (χ1n) is 12.8. The van der Waals surface area contributed by atoms with Crippen LogP contribution in [0.4, 0.5) is 4.39 Å². The van der Waals surface area contributed by atoms with Crippen molar-refractivity contribution in [2.75, 3.05) is 0 Å². The smallest absolute Gasteiger partial charge is 0.248 e. The molecule has 0 spiro atoms. The van der Waals surface area contributed by atoms with Gasteiger partial charge < -0.3 is 15.9 Å². The zero-order valence-corrected chi connectivity index (χ0v) is 22.3. The normalized spacial score (nSPS) is 19.9. The molecule has 2 aliphatic rings. The number of aliphatic hydroxyl groups is 2. The third-order valence-electron chi connectivity index (χ3n) is 6.59. The molecule has 2 aromatic carbocycles. The van der Waals surface area contributed by atoms with Crippen LogP contribution < -0.4 is 5.73 Å². The van der Waals surface area contributed by atoms with E-state index in [1.165, 1.54) is 18.4 Å². The lowest BCUT2D eigenvalue weighted by molar-refractivity contribution is -0.114. The Hall–Kier alpha value is -3.13. The highest BCUT2D eigenvalue weighted by atomic mass is 35.5. The van der Waals surface area contributed by atoms with Gasteiger partial charge >= 0.3 is 0 Å². The van der Waals surface area contributed by atoms with Crippen molar-refractivity contribution in [3.8, 4) is 0 Å². The van der Waals surface area contributed by atoms with Crippen molar-refractivity contribution in [1.82, 2.24) is 0 Å². The maximum absolute atomic E-state index is 12.5. The Morgan fingerprint density at radius 3 is 2.39 bits per heavy atom. The number of carbonyl (C=O) groups is 1. The second-order valence-electron chi connectivity index (χ2n) is 9.82. The highest BCUT2D eigenvalue weighted by Crippen LogP contribution is 2.47. The number of amides is 1. The molecule has 38 heavy (non-hydrogen) atoms. The number of hydrogen-bond acceptors (Lipinski definition) is 5. The van der Waals surface area contributed by atoms with Gasteiger partial charge in [-0.25, -0.2) is 4.39 Å². The lowest BCUT2D eigenvalue weighted by Crippen LogP contribution is -2.25. The second kappa shape index (κ2) is 14.1. The molecule has 0 radical (unpaired) electrons. The zero-order chi connectivity index (χ0) is 27.5. The van der Waals surface area contributed by atoms with Crippen LogP contribution in [0.2, 0.25) is 5.02 Å². The highest BCUT2D eigenvalue weighted by Gasteiger charge is 2.38. The van der Waals surface area contributed by atoms with Gasteiger partial charge in [-0.1, -0.05) is 54.9 Å². The minimum Gasteiger partial charge on any atom is -0.368 e. The van der Waals surface area contributed by atoms with Gasteiger partial charge in [0.2, 0.25) is 5.91 Å². The Balaban J connectivity index is 0.000000299. The summed E-state index contributed by atoms with van der Waals surface area (Å²) >= 11 is 5.89. The van der Waals surface area contributed by atoms with Gasteiger partial charge in [-0.3, -0.25) is 14.8 Å². The molecule has 0 heterocycles. The molecule has 2 aromatic rings. The summed E-state index contributed by atoms with van der Waals surface area (Å²) in [7, 11) is 0. The van der Waals surface area contributed by atoms with Gasteiger partial charge in [0, 0.05) is 16.8 Å². The molecule has 2 atom stereocenters. The molecule has 0 aliphatic heterocycles. The van der Waals surface area contributed by atoms with E-state index in [4.69, 9.17) is 27.5 Å². The van der Waals surface area contributed by atoms with Gasteiger partial charge in [-0.05, 0) is 91.6 Å². The monoisotopic (exact) mass is 539 g/mol. The third-order valence-corrected chi connectivity index (χ3v) is 6.84. The van der Waals surface area contributed by atoms with Gasteiger partial charge in [0.25, 0.3) is 0 Å². The van der Waals surface area contributed by atoms with Crippen LogP contribution in [0, 0.1) is 5.82 Å². The van der Waals surface area contributed by atoms with E-state index in [-0.39, 0.29) is 17.9 Å². The van der Waals surface area contributed by atoms with E-state index < -0.39 is 12.2 Å². The van der Waals surface area contributed by atoms with Gasteiger partial charge in [0.05, 0.1) is 12.1 Å². The topological polar surface area (TPSA) is 108 Å². The van der Waals surface area contributed by atoms with Gasteiger partial charge in [-0.15, -0.1) is 0 Å². The van der Waals surface area contributed by atoms with Crippen molar-refractivity contribution in [2.45, 2.75) is 69.2 Å². The number of primary amides is 1. The van der Waals surface area contributed by atoms with Crippen molar-refractivity contribution < 1.29 is 19.4 Å². The maximum atomic E-state index is 12.5. The van der Waals surface area contributed by atoms with Crippen LogP contribution in [0.15, 0.2) is 82.3 Å². The number of aliphatic hydroxyl groups excluding tert-OH is 1. The van der Waals surface area contributed by atoms with E-state index in [1.54, 1.807) is 48.8 Å². The standard InChI is InChI=1S/C20H24ClN3O3.C10H11F/c21-16-8-5-14(6-9-16)13-24-17-10-7-15(20(22)27)12-18(17)23-11-3-1-2-4-19(25)26;1-10(6-7-10)8-2-4-9(11)5-3-8/h5-13,17-19,25-26H,1-4H2,(H2,22,27);2-5H,6-7H2,1H3. The average molecular weight is 540 g/mol. The molecule has 0 saturated heterocycles. The van der Waals surface area contributed by atoms with Crippen molar-refractivity contribution in [2.24, 2.45) is 15.7 Å². The van der Waals surface area contributed by atoms with Crippen LogP contribution in [0.25, 0.3) is 0 Å². The molecule has 6 nitrogen and oxygen atoms in total. The Morgan fingerprint density at radius 1 is 1.11 bits per heavy atom. The zero-order valence-electron chi connectivity index (χ0n) is 21.5. The minimum absolute atomic E-state index is 0.141. The fraction of sp³-hybridized carbons (Fsp3) is 0.367. The Labute approximate surface area is 228 Å². The molecule has 4 rings (SSSR count). The fourth-order valence-electron chi connectivity index (χ4n) is 3.90. The van der Waals surface area contributed by atoms with Crippen LogP contribution in [0.5, 0.6) is 0 Å². The van der Waals surface area contributed by atoms with Gasteiger partial charge in [0.15, 0.2) is 6.29 Å². The SMILES string of the molecule is CC1(c2ccc(F)cc2)CC1.NC(=O)C1=CC(N=CCCCCC(O)O)C(N=Cc2ccc(Cl)cc2)C=C1. The van der Waals surface area contributed by atoms with Crippen LogP contribution in [0.1, 0.15) is 56.6 Å². The maximum Gasteiger partial charge on any atom is 0.248 e. The molecule has 1 saturated carbocycles. The minimum atomic E-state index is -1.27. The summed E-state index contributed by atoms with van der Waals surface area (Å²) in [4.78, 5) is 20.5. The van der Waals surface area contributed by atoms with E-state index >= 15 is 0 Å². The molecule has 202 valence electrons. The first-order valence-corrected chi connectivity index (χ1v) is 13.2. The second-order valence-corrected chi connectivity index (χ2v) is 10.3. The number of nitrogens with zero attached hydrogens (tertiary/aromatic N) is 2. The summed E-state index contributed by atoms with van der Waals surface area (Å²) in [5.41, 5.74) is 8.35. The fourth-order valence-corrected chi connectivity index (χ4v) is 4.02. The first kappa shape index (κ1) is 29.4. The Morgan fingerprint density at radius 2 is 1.79 bits per heavy atom. The summed E-state index contributed by atoms with van der Waals surface area (Å²) in [6.07, 6.45) is 12.5. The van der Waals surface area contributed by atoms with Gasteiger partial charge in [0.1, 0.15) is 5.82 Å². The number of benzene rings is 2. The van der Waals surface area contributed by atoms with E-state index in [0.29, 0.717) is 35.3 Å². The summed E-state index contributed by atoms with van der Waals surface area (Å²) in [5, 5.41) is 18.3. The van der Waals surface area contributed by atoms with E-state index in [1.807, 2.05) is 30.3 Å². The molecule has 2 aliphatic carbocycles. The molecule has 0 bridgehead atoms. The average Bonchev–Trinajstić information content (AvgIpc) is 3.65. The number of carbonyl (C=O) groups excluding carboxylic acids is 1. The van der Waals surface area contributed by atoms with E-state index in [9.17, 15) is 9.18 Å². The number of rotatable bonds is 10. The lowest BCUT2D eigenvalue weighted by Gasteiger charge is -2.19. The highest BCUT2D eigenvalue weighted by molar-refractivity contribution is 6.30. The van der Waals surface area contributed by atoms with Crippen molar-refractivity contribution in [3.05, 3.63) is 94.3 Å². The summed E-state index contributed by atoms with van der Waals surface area (Å²) in [5.74, 6) is -0.637. The Kier molecular flexibility index (Phi) is 11.0. The molecule has 1 amide bonds. The van der Waals surface area contributed by atoms with Crippen molar-refractivity contribution in [3.63, 3.8) is 0 Å². The van der Waals surface area contributed by atoms with Gasteiger partial charge in [-0.2, -0.15) is 0 Å². The largest absolute Gasteiger partial charge is 0.368 e. The van der Waals surface area contributed by atoms with Crippen molar-refractivity contribution in [1.29, 1.82) is 0 Å².